The van der Waals surface area contributed by atoms with E-state index in [0.29, 0.717) is 16.9 Å². The lowest BCUT2D eigenvalue weighted by atomic mass is 10.1. The summed E-state index contributed by atoms with van der Waals surface area (Å²) in [4.78, 5) is 0. The molecule has 0 saturated heterocycles. The van der Waals surface area contributed by atoms with E-state index in [1.807, 2.05) is 12.1 Å². The zero-order valence-corrected chi connectivity index (χ0v) is 12.5. The van der Waals surface area contributed by atoms with Gasteiger partial charge in [-0.25, -0.2) is 0 Å². The number of benzene rings is 1. The van der Waals surface area contributed by atoms with Crippen LogP contribution in [0.4, 0.5) is 0 Å². The highest BCUT2D eigenvalue weighted by molar-refractivity contribution is 14.1. The topological polar surface area (TPSA) is 56.8 Å². The lowest BCUT2D eigenvalue weighted by molar-refractivity contribution is 0.553. The largest absolute Gasteiger partial charge is 0.544 e. The van der Waals surface area contributed by atoms with Crippen molar-refractivity contribution >= 4 is 30.9 Å². The van der Waals surface area contributed by atoms with Gasteiger partial charge in [0.1, 0.15) is 17.9 Å². The monoisotopic (exact) mass is 342 g/mol. The summed E-state index contributed by atoms with van der Waals surface area (Å²) in [5, 5.41) is 17.8. The maximum atomic E-state index is 8.92. The van der Waals surface area contributed by atoms with E-state index in [1.165, 1.54) is 0 Å². The molecular weight excluding hydrogens is 331 g/mol. The summed E-state index contributed by atoms with van der Waals surface area (Å²) in [5.41, 5.74) is 0.769. The first-order chi connectivity index (χ1) is 7.37. The Morgan fingerprint density at radius 2 is 1.62 bits per heavy atom. The van der Waals surface area contributed by atoms with E-state index in [2.05, 4.69) is 42.2 Å². The van der Waals surface area contributed by atoms with E-state index in [4.69, 9.17) is 14.9 Å². The molecule has 0 aliphatic carbocycles. The molecule has 0 aliphatic rings. The number of rotatable bonds is 2. The van der Waals surface area contributed by atoms with Gasteiger partial charge in [-0.1, -0.05) is 0 Å². The van der Waals surface area contributed by atoms with Crippen molar-refractivity contribution in [3.8, 4) is 17.9 Å². The number of halogens is 1. The van der Waals surface area contributed by atoms with Gasteiger partial charge in [0.05, 0.1) is 14.7 Å². The minimum atomic E-state index is -1.69. The van der Waals surface area contributed by atoms with Crippen molar-refractivity contribution in [2.24, 2.45) is 0 Å². The van der Waals surface area contributed by atoms with Gasteiger partial charge >= 0.3 is 0 Å². The fraction of sp³-hybridized carbons (Fsp3) is 0.273. The highest BCUT2D eigenvalue weighted by atomic mass is 127. The second-order valence-corrected chi connectivity index (χ2v) is 9.86. The van der Waals surface area contributed by atoms with E-state index in [1.54, 1.807) is 12.1 Å². The third kappa shape index (κ3) is 3.22. The van der Waals surface area contributed by atoms with Gasteiger partial charge in [0.2, 0.25) is 8.32 Å². The van der Waals surface area contributed by atoms with Gasteiger partial charge < -0.3 is 4.43 Å². The third-order valence-electron chi connectivity index (χ3n) is 1.73. The standard InChI is InChI=1S/C11H11IN2OSi/c1-16(2,3)15-11-5-9(7-14)8(6-13)4-10(11)12/h4-5H,1-3H3. The van der Waals surface area contributed by atoms with Crippen molar-refractivity contribution in [1.29, 1.82) is 10.5 Å². The Hall–Kier alpha value is -1.05. The molecule has 1 aromatic carbocycles. The number of nitrogens with zero attached hydrogens (tertiary/aromatic N) is 2. The fourth-order valence-electron chi connectivity index (χ4n) is 1.15. The van der Waals surface area contributed by atoms with Gasteiger partial charge in [0.15, 0.2) is 0 Å². The highest BCUT2D eigenvalue weighted by Crippen LogP contribution is 2.27. The molecule has 0 aromatic heterocycles. The molecule has 0 amide bonds. The summed E-state index contributed by atoms with van der Waals surface area (Å²) >= 11 is 2.12. The quantitative estimate of drug-likeness (QED) is 0.612. The summed E-state index contributed by atoms with van der Waals surface area (Å²) in [6.45, 7) is 6.23. The van der Waals surface area contributed by atoms with Crippen molar-refractivity contribution in [2.75, 3.05) is 0 Å². The molecule has 0 atom stereocenters. The van der Waals surface area contributed by atoms with Gasteiger partial charge in [-0.15, -0.1) is 0 Å². The Kier molecular flexibility index (Phi) is 3.95. The summed E-state index contributed by atoms with van der Waals surface area (Å²) in [7, 11) is -1.69. The van der Waals surface area contributed by atoms with E-state index in [0.717, 1.165) is 3.57 Å². The first-order valence-corrected chi connectivity index (χ1v) is 9.19. The van der Waals surface area contributed by atoms with E-state index >= 15 is 0 Å². The summed E-state index contributed by atoms with van der Waals surface area (Å²) < 4.78 is 6.72. The molecule has 0 aliphatic heterocycles. The molecule has 0 fully saturated rings. The molecule has 3 nitrogen and oxygen atoms in total. The molecule has 0 unspecified atom stereocenters. The molecule has 1 rings (SSSR count). The Morgan fingerprint density at radius 1 is 1.12 bits per heavy atom. The molecule has 16 heavy (non-hydrogen) atoms. The molecule has 0 saturated carbocycles. The molecule has 0 N–H and O–H groups in total. The van der Waals surface area contributed by atoms with E-state index in [9.17, 15) is 0 Å². The van der Waals surface area contributed by atoms with Gasteiger partial charge in [-0.2, -0.15) is 10.5 Å². The zero-order chi connectivity index (χ0) is 12.3. The summed E-state index contributed by atoms with van der Waals surface area (Å²) in [6.07, 6.45) is 0. The Labute approximate surface area is 110 Å². The highest BCUT2D eigenvalue weighted by Gasteiger charge is 2.19. The Morgan fingerprint density at radius 3 is 2.06 bits per heavy atom. The van der Waals surface area contributed by atoms with Crippen LogP contribution in [0.5, 0.6) is 5.75 Å². The number of hydrogen-bond donors (Lipinski definition) is 0. The molecule has 82 valence electrons. The van der Waals surface area contributed by atoms with Gasteiger partial charge in [-0.05, 0) is 54.4 Å². The van der Waals surface area contributed by atoms with Crippen LogP contribution in [-0.2, 0) is 0 Å². The van der Waals surface area contributed by atoms with Crippen LogP contribution in [0.2, 0.25) is 19.6 Å². The molecule has 0 heterocycles. The SMILES string of the molecule is C[Si](C)(C)Oc1cc(C#N)c(C#N)cc1I. The van der Waals surface area contributed by atoms with Crippen LogP contribution in [0.25, 0.3) is 0 Å². The first kappa shape index (κ1) is 13.0. The second-order valence-electron chi connectivity index (χ2n) is 4.27. The summed E-state index contributed by atoms with van der Waals surface area (Å²) in [6, 6.07) is 7.36. The average molecular weight is 342 g/mol. The Bertz CT molecular complexity index is 494. The van der Waals surface area contributed by atoms with Crippen molar-refractivity contribution in [3.63, 3.8) is 0 Å². The van der Waals surface area contributed by atoms with Crippen molar-refractivity contribution in [1.82, 2.24) is 0 Å². The van der Waals surface area contributed by atoms with Crippen LogP contribution >= 0.6 is 22.6 Å². The van der Waals surface area contributed by atoms with Crippen LogP contribution in [0.15, 0.2) is 12.1 Å². The maximum Gasteiger partial charge on any atom is 0.242 e. The van der Waals surface area contributed by atoms with Gasteiger partial charge in [0.25, 0.3) is 0 Å². The number of hydrogen-bond acceptors (Lipinski definition) is 3. The second kappa shape index (κ2) is 4.85. The lowest BCUT2D eigenvalue weighted by Gasteiger charge is -2.20. The van der Waals surface area contributed by atoms with Crippen molar-refractivity contribution < 1.29 is 4.43 Å². The molecule has 1 aromatic rings. The van der Waals surface area contributed by atoms with Crippen LogP contribution < -0.4 is 4.43 Å². The predicted octanol–water partition coefficient (Wildman–Crippen LogP) is 3.25. The minimum Gasteiger partial charge on any atom is -0.544 e. The van der Waals surface area contributed by atoms with E-state index in [-0.39, 0.29) is 0 Å². The minimum absolute atomic E-state index is 0.371. The maximum absolute atomic E-state index is 8.92. The van der Waals surface area contributed by atoms with E-state index < -0.39 is 8.32 Å². The van der Waals surface area contributed by atoms with Crippen molar-refractivity contribution in [2.45, 2.75) is 19.6 Å². The van der Waals surface area contributed by atoms with Gasteiger partial charge in [-0.3, -0.25) is 0 Å². The average Bonchev–Trinajstić information content (AvgIpc) is 2.18. The first-order valence-electron chi connectivity index (χ1n) is 4.70. The van der Waals surface area contributed by atoms with Crippen LogP contribution in [0, 0.1) is 26.2 Å². The predicted molar refractivity (Wildman–Crippen MR) is 72.6 cm³/mol. The van der Waals surface area contributed by atoms with Crippen LogP contribution in [0.3, 0.4) is 0 Å². The van der Waals surface area contributed by atoms with Gasteiger partial charge in [0, 0.05) is 0 Å². The Balaban J connectivity index is 3.25. The number of nitriles is 2. The van der Waals surface area contributed by atoms with Crippen molar-refractivity contribution in [3.05, 3.63) is 26.8 Å². The lowest BCUT2D eigenvalue weighted by Crippen LogP contribution is -2.29. The third-order valence-corrected chi connectivity index (χ3v) is 3.40. The van der Waals surface area contributed by atoms with Crippen LogP contribution in [-0.4, -0.2) is 8.32 Å². The zero-order valence-electron chi connectivity index (χ0n) is 9.34. The smallest absolute Gasteiger partial charge is 0.242 e. The van der Waals surface area contributed by atoms with Crippen LogP contribution in [0.1, 0.15) is 11.1 Å². The summed E-state index contributed by atoms with van der Waals surface area (Å²) in [5.74, 6) is 0.704. The fourth-order valence-corrected chi connectivity index (χ4v) is 2.76. The molecule has 5 heteroatoms. The molecule has 0 radical (unpaired) electrons. The molecule has 0 bridgehead atoms. The molecular formula is C11H11IN2OSi. The molecule has 0 spiro atoms. The normalized spacial score (nSPS) is 10.4.